The number of nitrogens with one attached hydrogen (secondary N) is 1. The van der Waals surface area contributed by atoms with Gasteiger partial charge in [0.15, 0.2) is 5.58 Å². The molecule has 4 rings (SSSR count). The first kappa shape index (κ1) is 17.0. The lowest BCUT2D eigenvalue weighted by molar-refractivity contribution is 0.101. The molecule has 1 aromatic carbocycles. The second kappa shape index (κ2) is 7.06. The quantitative estimate of drug-likeness (QED) is 0.765. The van der Waals surface area contributed by atoms with Gasteiger partial charge in [-0.05, 0) is 36.6 Å². The third kappa shape index (κ3) is 3.33. The van der Waals surface area contributed by atoms with Gasteiger partial charge >= 0.3 is 12.1 Å². The molecular weight excluding hydrogens is 348 g/mol. The Hall–Kier alpha value is -3.42. The Morgan fingerprint density at radius 1 is 1.30 bits per heavy atom. The standard InChI is InChI=1S/C19H18N4O4/c1-2-26-19(25)23-8-7-13-12(11-23)9-20-10-14(13)17(24)22-18-21-15-5-3-4-6-16(15)27-18/h3-6,9-10H,2,7-8,11H2,1H3,(H,21,22,24). The molecule has 8 nitrogen and oxygen atoms in total. The number of oxazole rings is 1. The molecule has 0 saturated heterocycles. The molecule has 8 heteroatoms. The first-order valence-electron chi connectivity index (χ1n) is 8.70. The van der Waals surface area contributed by atoms with Crippen molar-refractivity contribution in [3.63, 3.8) is 0 Å². The smallest absolute Gasteiger partial charge is 0.410 e. The topological polar surface area (TPSA) is 97.6 Å². The number of carbonyl (C=O) groups excluding carboxylic acids is 2. The van der Waals surface area contributed by atoms with E-state index >= 15 is 0 Å². The van der Waals surface area contributed by atoms with Crippen molar-refractivity contribution in [1.82, 2.24) is 14.9 Å². The fourth-order valence-electron chi connectivity index (χ4n) is 3.15. The highest BCUT2D eigenvalue weighted by Gasteiger charge is 2.26. The second-order valence-electron chi connectivity index (χ2n) is 6.14. The van der Waals surface area contributed by atoms with Gasteiger partial charge in [-0.3, -0.25) is 15.1 Å². The van der Waals surface area contributed by atoms with Crippen molar-refractivity contribution in [1.29, 1.82) is 0 Å². The Bertz CT molecular complexity index is 981. The van der Waals surface area contributed by atoms with Crippen LogP contribution in [-0.2, 0) is 17.7 Å². The molecule has 2 amide bonds. The van der Waals surface area contributed by atoms with Crippen LogP contribution in [0.2, 0.25) is 0 Å². The summed E-state index contributed by atoms with van der Waals surface area (Å²) in [6.45, 7) is 2.95. The van der Waals surface area contributed by atoms with Crippen molar-refractivity contribution < 1.29 is 18.7 Å². The maximum atomic E-state index is 12.7. The Kier molecular flexibility index (Phi) is 4.45. The van der Waals surface area contributed by atoms with Crippen LogP contribution in [0.25, 0.3) is 11.1 Å². The van der Waals surface area contributed by atoms with Gasteiger partial charge in [0, 0.05) is 18.9 Å². The third-order valence-corrected chi connectivity index (χ3v) is 4.42. The number of rotatable bonds is 3. The minimum atomic E-state index is -0.357. The minimum absolute atomic E-state index is 0.141. The van der Waals surface area contributed by atoms with E-state index in [1.165, 1.54) is 6.20 Å². The molecule has 1 N–H and O–H groups in total. The molecule has 0 spiro atoms. The summed E-state index contributed by atoms with van der Waals surface area (Å²) in [4.78, 5) is 34.7. The fraction of sp³-hybridized carbons (Fsp3) is 0.263. The van der Waals surface area contributed by atoms with Crippen molar-refractivity contribution in [2.45, 2.75) is 19.9 Å². The van der Waals surface area contributed by atoms with Crippen LogP contribution < -0.4 is 5.32 Å². The molecule has 3 heterocycles. The summed E-state index contributed by atoms with van der Waals surface area (Å²) in [7, 11) is 0. The highest BCUT2D eigenvalue weighted by atomic mass is 16.6. The van der Waals surface area contributed by atoms with Gasteiger partial charge in [0.2, 0.25) is 0 Å². The van der Waals surface area contributed by atoms with Gasteiger partial charge < -0.3 is 14.1 Å². The molecule has 3 aromatic rings. The van der Waals surface area contributed by atoms with Crippen LogP contribution in [0.4, 0.5) is 10.8 Å². The second-order valence-corrected chi connectivity index (χ2v) is 6.14. The molecule has 0 bridgehead atoms. The highest BCUT2D eigenvalue weighted by molar-refractivity contribution is 6.04. The van der Waals surface area contributed by atoms with Crippen LogP contribution in [0.5, 0.6) is 0 Å². The number of amides is 2. The summed E-state index contributed by atoms with van der Waals surface area (Å²) >= 11 is 0. The zero-order chi connectivity index (χ0) is 18.8. The molecule has 1 aliphatic heterocycles. The Labute approximate surface area is 155 Å². The SMILES string of the molecule is CCOC(=O)N1CCc2c(cncc2C(=O)Nc2nc3ccccc3o2)C1. The van der Waals surface area contributed by atoms with E-state index in [0.717, 1.165) is 11.1 Å². The predicted octanol–water partition coefficient (Wildman–Crippen LogP) is 2.99. The molecule has 0 fully saturated rings. The number of pyridine rings is 1. The number of hydrogen-bond donors (Lipinski definition) is 1. The van der Waals surface area contributed by atoms with E-state index in [2.05, 4.69) is 15.3 Å². The highest BCUT2D eigenvalue weighted by Crippen LogP contribution is 2.24. The number of ether oxygens (including phenoxy) is 1. The summed E-state index contributed by atoms with van der Waals surface area (Å²) in [6.07, 6.45) is 3.39. The lowest BCUT2D eigenvalue weighted by atomic mass is 9.97. The van der Waals surface area contributed by atoms with Gasteiger partial charge in [-0.2, -0.15) is 4.98 Å². The van der Waals surface area contributed by atoms with Gasteiger partial charge in [-0.15, -0.1) is 0 Å². The molecule has 0 radical (unpaired) electrons. The van der Waals surface area contributed by atoms with E-state index < -0.39 is 0 Å². The van der Waals surface area contributed by atoms with Crippen molar-refractivity contribution in [2.24, 2.45) is 0 Å². The van der Waals surface area contributed by atoms with Gasteiger partial charge in [0.1, 0.15) is 5.52 Å². The number of anilines is 1. The Morgan fingerprint density at radius 3 is 2.96 bits per heavy atom. The summed E-state index contributed by atoms with van der Waals surface area (Å²) in [6, 6.07) is 7.43. The van der Waals surface area contributed by atoms with Crippen molar-refractivity contribution in [3.05, 3.63) is 53.3 Å². The average molecular weight is 366 g/mol. The number of nitrogens with zero attached hydrogens (tertiary/aromatic N) is 3. The molecule has 0 saturated carbocycles. The lowest BCUT2D eigenvalue weighted by Crippen LogP contribution is -2.37. The number of benzene rings is 1. The monoisotopic (exact) mass is 366 g/mol. The van der Waals surface area contributed by atoms with E-state index in [1.54, 1.807) is 24.1 Å². The molecule has 0 atom stereocenters. The zero-order valence-corrected chi connectivity index (χ0v) is 14.8. The van der Waals surface area contributed by atoms with Crippen molar-refractivity contribution in [3.8, 4) is 0 Å². The molecular formula is C19H18N4O4. The van der Waals surface area contributed by atoms with Gasteiger partial charge in [-0.1, -0.05) is 12.1 Å². The first-order valence-corrected chi connectivity index (χ1v) is 8.70. The van der Waals surface area contributed by atoms with Crippen LogP contribution >= 0.6 is 0 Å². The van der Waals surface area contributed by atoms with Crippen LogP contribution in [0.1, 0.15) is 28.4 Å². The zero-order valence-electron chi connectivity index (χ0n) is 14.8. The number of para-hydroxylation sites is 2. The van der Waals surface area contributed by atoms with E-state index in [-0.39, 0.29) is 18.0 Å². The molecule has 27 heavy (non-hydrogen) atoms. The summed E-state index contributed by atoms with van der Waals surface area (Å²) < 4.78 is 10.6. The van der Waals surface area contributed by atoms with Crippen LogP contribution in [0, 0.1) is 0 Å². The maximum absolute atomic E-state index is 12.7. The van der Waals surface area contributed by atoms with E-state index in [9.17, 15) is 9.59 Å². The lowest BCUT2D eigenvalue weighted by Gasteiger charge is -2.28. The molecule has 0 unspecified atom stereocenters. The molecule has 0 aliphatic carbocycles. The van der Waals surface area contributed by atoms with Crippen molar-refractivity contribution >= 4 is 29.1 Å². The third-order valence-electron chi connectivity index (χ3n) is 4.42. The van der Waals surface area contributed by atoms with Crippen LogP contribution in [-0.4, -0.2) is 40.0 Å². The average Bonchev–Trinajstić information content (AvgIpc) is 3.09. The summed E-state index contributed by atoms with van der Waals surface area (Å²) in [5.74, 6) is -0.338. The van der Waals surface area contributed by atoms with Gasteiger partial charge in [-0.25, -0.2) is 4.79 Å². The number of carbonyl (C=O) groups is 2. The minimum Gasteiger partial charge on any atom is -0.450 e. The molecule has 2 aromatic heterocycles. The van der Waals surface area contributed by atoms with Crippen molar-refractivity contribution in [2.75, 3.05) is 18.5 Å². The van der Waals surface area contributed by atoms with E-state index in [1.807, 2.05) is 18.2 Å². The van der Waals surface area contributed by atoms with Gasteiger partial charge in [0.25, 0.3) is 5.91 Å². The van der Waals surface area contributed by atoms with E-state index in [0.29, 0.717) is 42.8 Å². The maximum Gasteiger partial charge on any atom is 0.410 e. The normalized spacial score (nSPS) is 13.3. The fourth-order valence-corrected chi connectivity index (χ4v) is 3.15. The first-order chi connectivity index (χ1) is 13.2. The van der Waals surface area contributed by atoms with Gasteiger partial charge in [0.05, 0.1) is 18.7 Å². The Balaban J connectivity index is 1.55. The summed E-state index contributed by atoms with van der Waals surface area (Å²) in [5, 5.41) is 2.69. The van der Waals surface area contributed by atoms with Crippen LogP contribution in [0.3, 0.4) is 0 Å². The number of aromatic nitrogens is 2. The predicted molar refractivity (Wildman–Crippen MR) is 97.3 cm³/mol. The van der Waals surface area contributed by atoms with Crippen LogP contribution in [0.15, 0.2) is 41.1 Å². The molecule has 1 aliphatic rings. The van der Waals surface area contributed by atoms with E-state index in [4.69, 9.17) is 9.15 Å². The Morgan fingerprint density at radius 2 is 2.15 bits per heavy atom. The largest absolute Gasteiger partial charge is 0.450 e. The number of fused-ring (bicyclic) bond motifs is 2. The molecule has 138 valence electrons. The summed E-state index contributed by atoms with van der Waals surface area (Å²) in [5.41, 5.74) is 3.44. The number of hydrogen-bond acceptors (Lipinski definition) is 6.